The zero-order valence-electron chi connectivity index (χ0n) is 43.3. The number of likely N-dealkylation sites (tertiary alicyclic amines) is 1. The highest BCUT2D eigenvalue weighted by molar-refractivity contribution is 8.77. The number of aromatic amines is 1. The van der Waals surface area contributed by atoms with Crippen LogP contribution in [0.2, 0.25) is 0 Å². The standard InChI is InChI=1S/C49H73N15O11S2/c1-3-26(2)40-46(74)61-33(21-37(51)66)42(70)60-32(20-36(50)65)43(71)62-34(47(75)64-18-10-14-35(64)45(73)59-30(13-9-17-55-48(53)54)41(69)57-24-38(52)67)25-76-77-49(15-7-4-8-16-49)22-39(68)58-31(44(72)63-40)19-27-23-56-29-12-6-5-11-28(27)29/h5-6,11-12,23,26,30-35,40,56H,3-4,7-10,13-22,24-25H2,1-2H3,(H2,50,65)(H2,51,66)(H2,52,67)(H,57,69)(H,58,68)(H,59,73)(H,60,70)(H,61,74)(H,62,71)(H,63,72)(H4,53,54,55)/t26-,30-,31+,32-,33?,34-,35-,40-/m0/s1. The molecule has 0 radical (unpaired) electrons. The van der Waals surface area contributed by atoms with Crippen LogP contribution in [-0.2, 0) is 59.2 Å². The molecular weight excluding hydrogens is 1040 g/mol. The van der Waals surface area contributed by atoms with Gasteiger partial charge in [-0.25, -0.2) is 0 Å². The second-order valence-corrected chi connectivity index (χ2v) is 22.6. The van der Waals surface area contributed by atoms with Crippen LogP contribution < -0.4 is 65.9 Å². The molecule has 0 bridgehead atoms. The summed E-state index contributed by atoms with van der Waals surface area (Å²) < 4.78 is -0.730. The van der Waals surface area contributed by atoms with Crippen molar-refractivity contribution in [3.63, 3.8) is 0 Å². The first-order valence-corrected chi connectivity index (χ1v) is 28.1. The first-order chi connectivity index (χ1) is 36.6. The Morgan fingerprint density at radius 1 is 0.805 bits per heavy atom. The van der Waals surface area contributed by atoms with Crippen molar-refractivity contribution in [1.29, 1.82) is 0 Å². The molecule has 3 aliphatic rings. The summed E-state index contributed by atoms with van der Waals surface area (Å²) >= 11 is 0. The molecule has 1 saturated carbocycles. The highest BCUT2D eigenvalue weighted by Gasteiger charge is 2.43. The van der Waals surface area contributed by atoms with Crippen molar-refractivity contribution in [2.75, 3.05) is 25.4 Å². The Morgan fingerprint density at radius 3 is 2.10 bits per heavy atom. The van der Waals surface area contributed by atoms with Gasteiger partial charge in [0.25, 0.3) is 0 Å². The van der Waals surface area contributed by atoms with Crippen molar-refractivity contribution in [1.82, 2.24) is 47.1 Å². The molecule has 2 saturated heterocycles. The minimum absolute atomic E-state index is 0.0147. The van der Waals surface area contributed by atoms with E-state index in [2.05, 4.69) is 47.2 Å². The van der Waals surface area contributed by atoms with Gasteiger partial charge in [0.15, 0.2) is 5.96 Å². The van der Waals surface area contributed by atoms with Crippen LogP contribution in [0, 0.1) is 5.92 Å². The second-order valence-electron chi connectivity index (χ2n) is 19.8. The number of amides is 11. The van der Waals surface area contributed by atoms with Crippen LogP contribution in [0.3, 0.4) is 0 Å². The fourth-order valence-electron chi connectivity index (χ4n) is 9.58. The van der Waals surface area contributed by atoms with Crippen molar-refractivity contribution >= 4 is 103 Å². The van der Waals surface area contributed by atoms with Gasteiger partial charge in [-0.2, -0.15) is 0 Å². The topological polar surface area (TPSA) is 433 Å². The molecule has 5 rings (SSSR count). The fourth-order valence-corrected chi connectivity index (χ4v) is 12.9. The van der Waals surface area contributed by atoms with Gasteiger partial charge < -0.3 is 75.8 Å². The van der Waals surface area contributed by atoms with Gasteiger partial charge in [-0.1, -0.05) is 79.3 Å². The minimum Gasteiger partial charge on any atom is -0.370 e. The van der Waals surface area contributed by atoms with Crippen LogP contribution in [0.15, 0.2) is 35.5 Å². The average Bonchev–Trinajstić information content (AvgIpc) is 4.04. The highest BCUT2D eigenvalue weighted by atomic mass is 33.1. The summed E-state index contributed by atoms with van der Waals surface area (Å²) in [6.07, 6.45) is 4.74. The van der Waals surface area contributed by atoms with E-state index in [0.717, 1.165) is 30.2 Å². The Morgan fingerprint density at radius 2 is 1.45 bits per heavy atom. The zero-order chi connectivity index (χ0) is 56.4. The summed E-state index contributed by atoms with van der Waals surface area (Å²) in [4.78, 5) is 159. The second kappa shape index (κ2) is 28.9. The maximum absolute atomic E-state index is 14.9. The summed E-state index contributed by atoms with van der Waals surface area (Å²) in [5.41, 5.74) is 28.8. The van der Waals surface area contributed by atoms with Crippen LogP contribution in [0.4, 0.5) is 0 Å². The highest BCUT2D eigenvalue weighted by Crippen LogP contribution is 2.48. The third-order valence-corrected chi connectivity index (χ3v) is 17.1. The summed E-state index contributed by atoms with van der Waals surface area (Å²) in [5.74, 6) is -10.3. The molecule has 2 aromatic rings. The lowest BCUT2D eigenvalue weighted by atomic mass is 9.85. The molecule has 26 nitrogen and oxygen atoms in total. The number of primary amides is 3. The van der Waals surface area contributed by atoms with E-state index in [-0.39, 0.29) is 56.9 Å². The van der Waals surface area contributed by atoms with Gasteiger partial charge in [0.05, 0.1) is 19.4 Å². The maximum atomic E-state index is 14.9. The molecule has 3 heterocycles. The van der Waals surface area contributed by atoms with Gasteiger partial charge in [0.1, 0.15) is 42.3 Å². The van der Waals surface area contributed by atoms with Gasteiger partial charge in [0.2, 0.25) is 65.0 Å². The first-order valence-electron chi connectivity index (χ1n) is 25.8. The van der Waals surface area contributed by atoms with E-state index in [1.807, 2.05) is 24.3 Å². The number of guanidine groups is 1. The zero-order valence-corrected chi connectivity index (χ0v) is 45.0. The number of H-pyrrole nitrogens is 1. The number of para-hydroxylation sites is 1. The number of carbonyl (C=O) groups excluding carboxylic acids is 11. The third-order valence-electron chi connectivity index (χ3n) is 13.8. The summed E-state index contributed by atoms with van der Waals surface area (Å²) in [6.45, 7) is 3.09. The number of nitrogens with two attached hydrogens (primary N) is 5. The van der Waals surface area contributed by atoms with E-state index in [1.54, 1.807) is 20.0 Å². The summed E-state index contributed by atoms with van der Waals surface area (Å²) in [7, 11) is 2.52. The quantitative estimate of drug-likeness (QED) is 0.0319. The number of hydrogen-bond donors (Lipinski definition) is 13. The number of rotatable bonds is 18. The number of aromatic nitrogens is 1. The molecule has 1 aliphatic carbocycles. The predicted molar refractivity (Wildman–Crippen MR) is 288 cm³/mol. The monoisotopic (exact) mass is 1110 g/mol. The van der Waals surface area contributed by atoms with Gasteiger partial charge in [-0.05, 0) is 56.1 Å². The molecule has 1 spiro atoms. The molecule has 28 heteroatoms. The Hall–Kier alpha value is -7.10. The summed E-state index contributed by atoms with van der Waals surface area (Å²) in [6, 6.07) is -2.49. The van der Waals surface area contributed by atoms with Gasteiger partial charge in [-0.15, -0.1) is 0 Å². The van der Waals surface area contributed by atoms with Gasteiger partial charge in [0, 0.05) is 53.5 Å². The molecule has 422 valence electrons. The van der Waals surface area contributed by atoms with Crippen LogP contribution in [0.5, 0.6) is 0 Å². The lowest BCUT2D eigenvalue weighted by molar-refractivity contribution is -0.142. The van der Waals surface area contributed by atoms with Crippen LogP contribution in [-0.4, -0.2) is 153 Å². The Bertz CT molecular complexity index is 2540. The van der Waals surface area contributed by atoms with Gasteiger partial charge >= 0.3 is 0 Å². The normalized spacial score (nSPS) is 23.7. The van der Waals surface area contributed by atoms with Crippen LogP contribution in [0.25, 0.3) is 10.9 Å². The maximum Gasteiger partial charge on any atom is 0.246 e. The Kier molecular flexibility index (Phi) is 22.8. The molecule has 2 aliphatic heterocycles. The number of nitrogens with zero attached hydrogens (tertiary/aromatic N) is 2. The number of aliphatic imine (C=N–C) groups is 1. The van der Waals surface area contributed by atoms with E-state index < -0.39 is 137 Å². The van der Waals surface area contributed by atoms with Crippen molar-refractivity contribution in [3.05, 3.63) is 36.0 Å². The summed E-state index contributed by atoms with van der Waals surface area (Å²) in [5, 5.41) is 19.1. The number of nitrogens with one attached hydrogen (secondary N) is 8. The van der Waals surface area contributed by atoms with Crippen molar-refractivity contribution in [2.24, 2.45) is 39.6 Å². The molecule has 1 aromatic carbocycles. The Balaban J connectivity index is 1.52. The van der Waals surface area contributed by atoms with Crippen molar-refractivity contribution < 1.29 is 52.7 Å². The Labute approximate surface area is 453 Å². The molecule has 11 amide bonds. The first kappa shape index (κ1) is 60.8. The number of hydrogen-bond acceptors (Lipinski definition) is 14. The molecule has 1 unspecified atom stereocenters. The van der Waals surface area contributed by atoms with E-state index >= 15 is 0 Å². The lowest BCUT2D eigenvalue weighted by Gasteiger charge is -2.37. The van der Waals surface area contributed by atoms with Crippen molar-refractivity contribution in [2.45, 2.75) is 151 Å². The van der Waals surface area contributed by atoms with E-state index in [4.69, 9.17) is 28.7 Å². The lowest BCUT2D eigenvalue weighted by Crippen LogP contribution is -2.61. The van der Waals surface area contributed by atoms with E-state index in [1.165, 1.54) is 26.5 Å². The molecule has 18 N–H and O–H groups in total. The van der Waals surface area contributed by atoms with Crippen molar-refractivity contribution in [3.8, 4) is 0 Å². The number of fused-ring (bicyclic) bond motifs is 1. The van der Waals surface area contributed by atoms with Crippen LogP contribution >= 0.6 is 21.6 Å². The number of benzene rings is 1. The molecule has 77 heavy (non-hydrogen) atoms. The SMILES string of the molecule is CC[C@H](C)[C@@H]1NC(=O)[C@@H](Cc2c[nH]c3ccccc23)NC(=O)CC2(CCCCC2)SSC[C@@H](C(=O)N2CCC[C@H]2C(=O)N[C@@H](CCCN=C(N)N)C(=O)NCC(N)=O)NC(=O)[C@H](CC(N)=O)NC(=O)C(CC(N)=O)NC1=O. The van der Waals surface area contributed by atoms with Crippen LogP contribution in [0.1, 0.15) is 103 Å². The van der Waals surface area contributed by atoms with E-state index in [9.17, 15) is 52.7 Å². The smallest absolute Gasteiger partial charge is 0.246 e. The molecule has 8 atom stereocenters. The largest absolute Gasteiger partial charge is 0.370 e. The molecule has 1 aromatic heterocycles. The van der Waals surface area contributed by atoms with Gasteiger partial charge in [-0.3, -0.25) is 57.7 Å². The number of carbonyl (C=O) groups is 11. The third kappa shape index (κ3) is 18.0. The molecular formula is C49H73N15O11S2. The average molecular weight is 1110 g/mol. The molecule has 3 fully saturated rings. The predicted octanol–water partition coefficient (Wildman–Crippen LogP) is -2.45. The fraction of sp³-hybridized carbons (Fsp3) is 0.592. The minimum atomic E-state index is -1.79. The van der Waals surface area contributed by atoms with E-state index in [0.29, 0.717) is 31.2 Å².